The zero-order valence-electron chi connectivity index (χ0n) is 12.8. The van der Waals surface area contributed by atoms with Crippen molar-refractivity contribution in [1.29, 1.82) is 0 Å². The van der Waals surface area contributed by atoms with E-state index in [9.17, 15) is 9.90 Å². The number of hydrogen-bond acceptors (Lipinski definition) is 2. The lowest BCUT2D eigenvalue weighted by Gasteiger charge is -2.26. The van der Waals surface area contributed by atoms with Gasteiger partial charge in [0.05, 0.1) is 6.10 Å². The zero-order chi connectivity index (χ0) is 14.9. The molecular weight excluding hydrogens is 262 g/mol. The van der Waals surface area contributed by atoms with Crippen molar-refractivity contribution >= 4 is 5.91 Å². The SMILES string of the molecule is CCCC(O)CNC(=O)C1CC12CCCc1ccccc12. The highest BCUT2D eigenvalue weighted by molar-refractivity contribution is 5.84. The Kier molecular flexibility index (Phi) is 4.03. The highest BCUT2D eigenvalue weighted by Gasteiger charge is 2.59. The van der Waals surface area contributed by atoms with E-state index in [-0.39, 0.29) is 17.2 Å². The number of aliphatic hydroxyl groups excluding tert-OH is 1. The van der Waals surface area contributed by atoms with Crippen LogP contribution in [0.5, 0.6) is 0 Å². The summed E-state index contributed by atoms with van der Waals surface area (Å²) in [5.41, 5.74) is 2.91. The van der Waals surface area contributed by atoms with Crippen LogP contribution in [0.2, 0.25) is 0 Å². The number of rotatable bonds is 5. The van der Waals surface area contributed by atoms with Crippen molar-refractivity contribution in [2.24, 2.45) is 5.92 Å². The van der Waals surface area contributed by atoms with Gasteiger partial charge < -0.3 is 10.4 Å². The van der Waals surface area contributed by atoms with E-state index in [1.807, 2.05) is 6.92 Å². The van der Waals surface area contributed by atoms with Gasteiger partial charge in [0.15, 0.2) is 0 Å². The van der Waals surface area contributed by atoms with Gasteiger partial charge >= 0.3 is 0 Å². The van der Waals surface area contributed by atoms with E-state index in [0.29, 0.717) is 6.54 Å². The highest BCUT2D eigenvalue weighted by atomic mass is 16.3. The first-order valence-corrected chi connectivity index (χ1v) is 8.21. The van der Waals surface area contributed by atoms with Gasteiger partial charge in [-0.2, -0.15) is 0 Å². The quantitative estimate of drug-likeness (QED) is 0.874. The molecule has 3 heteroatoms. The van der Waals surface area contributed by atoms with Crippen LogP contribution >= 0.6 is 0 Å². The van der Waals surface area contributed by atoms with Crippen LogP contribution in [0.25, 0.3) is 0 Å². The van der Waals surface area contributed by atoms with Crippen molar-refractivity contribution < 1.29 is 9.90 Å². The molecule has 1 fully saturated rings. The Morgan fingerprint density at radius 3 is 3.10 bits per heavy atom. The van der Waals surface area contributed by atoms with Crippen LogP contribution < -0.4 is 5.32 Å². The molecule has 2 aliphatic rings. The first-order chi connectivity index (χ1) is 10.2. The molecule has 0 bridgehead atoms. The van der Waals surface area contributed by atoms with Crippen LogP contribution in [-0.4, -0.2) is 23.7 Å². The van der Waals surface area contributed by atoms with Gasteiger partial charge in [0.1, 0.15) is 0 Å². The number of aryl methyl sites for hydroxylation is 1. The van der Waals surface area contributed by atoms with Gasteiger partial charge in [-0.3, -0.25) is 4.79 Å². The van der Waals surface area contributed by atoms with E-state index < -0.39 is 6.10 Å². The van der Waals surface area contributed by atoms with E-state index in [0.717, 1.165) is 32.1 Å². The van der Waals surface area contributed by atoms with Crippen molar-refractivity contribution in [3.8, 4) is 0 Å². The van der Waals surface area contributed by atoms with Gasteiger partial charge in [-0.1, -0.05) is 37.6 Å². The van der Waals surface area contributed by atoms with Crippen molar-refractivity contribution in [1.82, 2.24) is 5.32 Å². The zero-order valence-corrected chi connectivity index (χ0v) is 12.8. The normalized spacial score (nSPS) is 28.0. The summed E-state index contributed by atoms with van der Waals surface area (Å²) in [5.74, 6) is 0.231. The van der Waals surface area contributed by atoms with Gasteiger partial charge in [-0.25, -0.2) is 0 Å². The lowest BCUT2D eigenvalue weighted by Crippen LogP contribution is -2.35. The molecule has 1 amide bonds. The summed E-state index contributed by atoms with van der Waals surface area (Å²) in [5, 5.41) is 12.7. The monoisotopic (exact) mass is 287 g/mol. The third-order valence-electron chi connectivity index (χ3n) is 5.15. The summed E-state index contributed by atoms with van der Waals surface area (Å²) in [7, 11) is 0. The molecule has 0 aliphatic heterocycles. The summed E-state index contributed by atoms with van der Waals surface area (Å²) >= 11 is 0. The van der Waals surface area contributed by atoms with Crippen LogP contribution in [0, 0.1) is 5.92 Å². The van der Waals surface area contributed by atoms with Crippen molar-refractivity contribution in [3.63, 3.8) is 0 Å². The molecule has 114 valence electrons. The smallest absolute Gasteiger partial charge is 0.224 e. The van der Waals surface area contributed by atoms with Gasteiger partial charge in [0.2, 0.25) is 5.91 Å². The Bertz CT molecular complexity index is 528. The van der Waals surface area contributed by atoms with Crippen molar-refractivity contribution in [2.45, 2.75) is 57.0 Å². The van der Waals surface area contributed by atoms with E-state index in [1.165, 1.54) is 17.5 Å². The molecule has 1 aromatic carbocycles. The summed E-state index contributed by atoms with van der Waals surface area (Å²) in [4.78, 5) is 12.4. The number of hydrogen-bond donors (Lipinski definition) is 2. The number of amides is 1. The number of fused-ring (bicyclic) bond motifs is 2. The van der Waals surface area contributed by atoms with E-state index in [4.69, 9.17) is 0 Å². The molecule has 3 atom stereocenters. The van der Waals surface area contributed by atoms with Gasteiger partial charge in [0.25, 0.3) is 0 Å². The molecule has 3 unspecified atom stereocenters. The summed E-state index contributed by atoms with van der Waals surface area (Å²) in [6.07, 6.45) is 5.70. The standard InChI is InChI=1S/C18H25NO2/c1-2-6-14(20)12-19-17(21)16-11-18(16)10-5-8-13-7-3-4-9-15(13)18/h3-4,7,9,14,16,20H,2,5-6,8,10-12H2,1H3,(H,19,21). The Balaban J connectivity index is 1.65. The van der Waals surface area contributed by atoms with Crippen molar-refractivity contribution in [3.05, 3.63) is 35.4 Å². The molecule has 21 heavy (non-hydrogen) atoms. The largest absolute Gasteiger partial charge is 0.391 e. The number of carbonyl (C=O) groups excluding carboxylic acids is 1. The van der Waals surface area contributed by atoms with Gasteiger partial charge in [-0.05, 0) is 43.2 Å². The predicted molar refractivity (Wildman–Crippen MR) is 83.1 cm³/mol. The predicted octanol–water partition coefficient (Wildman–Crippen LogP) is 2.56. The van der Waals surface area contributed by atoms with E-state index >= 15 is 0 Å². The number of aliphatic hydroxyl groups is 1. The van der Waals surface area contributed by atoms with Crippen LogP contribution in [0.15, 0.2) is 24.3 Å². The van der Waals surface area contributed by atoms with Crippen molar-refractivity contribution in [2.75, 3.05) is 6.54 Å². The molecule has 3 rings (SSSR count). The topological polar surface area (TPSA) is 49.3 Å². The number of benzene rings is 1. The molecule has 0 aromatic heterocycles. The minimum atomic E-state index is -0.410. The highest BCUT2D eigenvalue weighted by Crippen LogP contribution is 2.60. The Morgan fingerprint density at radius 1 is 1.48 bits per heavy atom. The average molecular weight is 287 g/mol. The third-order valence-corrected chi connectivity index (χ3v) is 5.15. The van der Waals surface area contributed by atoms with Crippen LogP contribution in [0.4, 0.5) is 0 Å². The first kappa shape index (κ1) is 14.6. The average Bonchev–Trinajstić information content (AvgIpc) is 3.21. The number of nitrogens with one attached hydrogen (secondary N) is 1. The second-order valence-corrected chi connectivity index (χ2v) is 6.61. The molecule has 2 N–H and O–H groups in total. The Morgan fingerprint density at radius 2 is 2.29 bits per heavy atom. The molecule has 0 radical (unpaired) electrons. The summed E-state index contributed by atoms with van der Waals surface area (Å²) in [6, 6.07) is 8.59. The van der Waals surface area contributed by atoms with Crippen LogP contribution in [0.1, 0.15) is 50.2 Å². The second kappa shape index (κ2) is 5.80. The fourth-order valence-electron chi connectivity index (χ4n) is 3.95. The Hall–Kier alpha value is -1.35. The maximum absolute atomic E-state index is 12.4. The summed E-state index contributed by atoms with van der Waals surface area (Å²) in [6.45, 7) is 2.43. The van der Waals surface area contributed by atoms with E-state index in [2.05, 4.69) is 29.6 Å². The fourth-order valence-corrected chi connectivity index (χ4v) is 3.95. The third kappa shape index (κ3) is 2.71. The molecule has 1 aromatic rings. The lowest BCUT2D eigenvalue weighted by atomic mass is 9.78. The van der Waals surface area contributed by atoms with Gasteiger partial charge in [0, 0.05) is 17.9 Å². The molecular formula is C18H25NO2. The molecule has 1 spiro atoms. The minimum absolute atomic E-state index is 0.0919. The molecule has 3 nitrogen and oxygen atoms in total. The lowest BCUT2D eigenvalue weighted by molar-refractivity contribution is -0.123. The molecule has 2 aliphatic carbocycles. The second-order valence-electron chi connectivity index (χ2n) is 6.61. The molecule has 1 saturated carbocycles. The first-order valence-electron chi connectivity index (χ1n) is 8.21. The van der Waals surface area contributed by atoms with Crippen LogP contribution in [0.3, 0.4) is 0 Å². The minimum Gasteiger partial charge on any atom is -0.391 e. The van der Waals surface area contributed by atoms with Gasteiger partial charge in [-0.15, -0.1) is 0 Å². The fraction of sp³-hybridized carbons (Fsp3) is 0.611. The summed E-state index contributed by atoms with van der Waals surface area (Å²) < 4.78 is 0. The Labute approximate surface area is 126 Å². The van der Waals surface area contributed by atoms with E-state index in [1.54, 1.807) is 0 Å². The maximum Gasteiger partial charge on any atom is 0.224 e. The molecule has 0 heterocycles. The van der Waals surface area contributed by atoms with Crippen LogP contribution in [-0.2, 0) is 16.6 Å². The number of carbonyl (C=O) groups is 1. The maximum atomic E-state index is 12.4. The molecule has 0 saturated heterocycles.